The number of hydrogen-bond acceptors (Lipinski definition) is 6. The average Bonchev–Trinajstić information content (AvgIpc) is 3.30. The Morgan fingerprint density at radius 2 is 1.89 bits per heavy atom. The van der Waals surface area contributed by atoms with Crippen LogP contribution in [0, 0.1) is 19.3 Å². The quantitative estimate of drug-likeness (QED) is 0.539. The first-order valence-corrected chi connectivity index (χ1v) is 13.7. The Kier molecular flexibility index (Phi) is 7.65. The molecule has 0 aliphatic carbocycles. The number of aryl methyl sites for hydroxylation is 2. The number of rotatable bonds is 2. The van der Waals surface area contributed by atoms with Gasteiger partial charge in [0.15, 0.2) is 5.65 Å². The van der Waals surface area contributed by atoms with Crippen LogP contribution in [0.25, 0.3) is 5.65 Å². The molecule has 5 rings (SSSR count). The van der Waals surface area contributed by atoms with Gasteiger partial charge in [-0.15, -0.1) is 0 Å². The molecule has 2 N–H and O–H groups in total. The summed E-state index contributed by atoms with van der Waals surface area (Å²) in [5, 5.41) is 10.8. The third-order valence-electron chi connectivity index (χ3n) is 7.91. The van der Waals surface area contributed by atoms with Crippen LogP contribution in [0.4, 0.5) is 0 Å². The van der Waals surface area contributed by atoms with E-state index < -0.39 is 5.41 Å². The van der Waals surface area contributed by atoms with E-state index in [-0.39, 0.29) is 17.9 Å². The van der Waals surface area contributed by atoms with Crippen molar-refractivity contribution >= 4 is 17.5 Å². The van der Waals surface area contributed by atoms with Crippen molar-refractivity contribution in [2.24, 2.45) is 5.41 Å². The van der Waals surface area contributed by atoms with Crippen LogP contribution in [-0.4, -0.2) is 63.6 Å². The Balaban J connectivity index is 1.27. The summed E-state index contributed by atoms with van der Waals surface area (Å²) < 4.78 is 7.87. The van der Waals surface area contributed by atoms with Gasteiger partial charge in [0.1, 0.15) is 12.4 Å². The molecular weight excluding hydrogens is 480 g/mol. The molecule has 1 saturated heterocycles. The summed E-state index contributed by atoms with van der Waals surface area (Å²) in [5.74, 6) is 0.537. The molecule has 202 valence electrons. The zero-order valence-electron chi connectivity index (χ0n) is 22.6. The zero-order valence-corrected chi connectivity index (χ0v) is 22.6. The lowest BCUT2D eigenvalue weighted by molar-refractivity contribution is -0.135. The smallest absolute Gasteiger partial charge is 0.255 e. The first-order valence-electron chi connectivity index (χ1n) is 13.7. The number of hydrogen-bond donors (Lipinski definition) is 2. The summed E-state index contributed by atoms with van der Waals surface area (Å²) >= 11 is 0. The fraction of sp³-hybridized carbons (Fsp3) is 0.517. The van der Waals surface area contributed by atoms with Crippen LogP contribution in [0.5, 0.6) is 5.75 Å². The minimum Gasteiger partial charge on any atom is -0.491 e. The van der Waals surface area contributed by atoms with E-state index in [4.69, 9.17) is 9.72 Å². The number of carbonyl (C=O) groups is 2. The SMILES string of the molecule is Cc1cc(C)n2ncc(CN3CCC4(CCCCNC(=O)c5ccccc5OC[C@@H](C)NC4=O)CC3)c2n1. The van der Waals surface area contributed by atoms with E-state index in [0.29, 0.717) is 24.5 Å². The van der Waals surface area contributed by atoms with Crippen molar-refractivity contribution in [3.63, 3.8) is 0 Å². The van der Waals surface area contributed by atoms with Crippen LogP contribution in [0.1, 0.15) is 66.3 Å². The minimum absolute atomic E-state index is 0.117. The first-order chi connectivity index (χ1) is 18.3. The number of carbonyl (C=O) groups excluding carboxylic acids is 2. The van der Waals surface area contributed by atoms with Gasteiger partial charge in [0.05, 0.1) is 23.2 Å². The van der Waals surface area contributed by atoms with E-state index >= 15 is 0 Å². The maximum atomic E-state index is 13.7. The molecule has 3 aromatic rings. The standard InChI is InChI=1S/C29H38N6O3/c1-20-16-22(3)35-26(32-20)23(17-31-35)18-34-14-11-29(12-15-34)10-6-7-13-30-27(36)24-8-4-5-9-25(24)38-19-21(2)33-28(29)37/h4-5,8-9,16-17,21H,6-7,10-15,18-19H2,1-3H3,(H,30,36)(H,33,37)/t21-/m1/s1. The number of nitrogens with zero attached hydrogens (tertiary/aromatic N) is 4. The lowest BCUT2D eigenvalue weighted by atomic mass is 9.73. The molecule has 2 aliphatic heterocycles. The van der Waals surface area contributed by atoms with Crippen LogP contribution in [0.3, 0.4) is 0 Å². The van der Waals surface area contributed by atoms with E-state index in [1.807, 2.05) is 49.7 Å². The maximum Gasteiger partial charge on any atom is 0.255 e. The fourth-order valence-electron chi connectivity index (χ4n) is 5.70. The third kappa shape index (κ3) is 5.53. The highest BCUT2D eigenvalue weighted by Gasteiger charge is 2.41. The number of likely N-dealkylation sites (tertiary alicyclic amines) is 1. The number of nitrogens with one attached hydrogen (secondary N) is 2. The summed E-state index contributed by atoms with van der Waals surface area (Å²) in [7, 11) is 0. The number of aromatic nitrogens is 3. The van der Waals surface area contributed by atoms with Crippen molar-refractivity contribution in [2.75, 3.05) is 26.2 Å². The van der Waals surface area contributed by atoms with E-state index in [1.165, 1.54) is 0 Å². The second kappa shape index (κ2) is 11.1. The van der Waals surface area contributed by atoms with E-state index in [2.05, 4.69) is 20.6 Å². The van der Waals surface area contributed by atoms with Crippen LogP contribution in [-0.2, 0) is 11.3 Å². The Hall–Kier alpha value is -3.46. The summed E-state index contributed by atoms with van der Waals surface area (Å²) in [6.45, 7) is 9.34. The normalized spacial score (nSPS) is 21.3. The average molecular weight is 519 g/mol. The highest BCUT2D eigenvalue weighted by atomic mass is 16.5. The first kappa shape index (κ1) is 26.2. The molecule has 0 radical (unpaired) electrons. The Morgan fingerprint density at radius 3 is 2.71 bits per heavy atom. The lowest BCUT2D eigenvalue weighted by Gasteiger charge is -2.41. The lowest BCUT2D eigenvalue weighted by Crippen LogP contribution is -2.51. The Labute approximate surface area is 224 Å². The molecule has 9 nitrogen and oxygen atoms in total. The Morgan fingerprint density at radius 1 is 1.11 bits per heavy atom. The van der Waals surface area contributed by atoms with Crippen molar-refractivity contribution in [3.8, 4) is 5.75 Å². The van der Waals surface area contributed by atoms with Gasteiger partial charge >= 0.3 is 0 Å². The summed E-state index contributed by atoms with van der Waals surface area (Å²) in [6, 6.07) is 9.12. The van der Waals surface area contributed by atoms with Gasteiger partial charge in [0.2, 0.25) is 5.91 Å². The van der Waals surface area contributed by atoms with E-state index in [0.717, 1.165) is 74.3 Å². The molecule has 38 heavy (non-hydrogen) atoms. The predicted molar refractivity (Wildman–Crippen MR) is 145 cm³/mol. The van der Waals surface area contributed by atoms with Gasteiger partial charge < -0.3 is 15.4 Å². The second-order valence-corrected chi connectivity index (χ2v) is 10.9. The predicted octanol–water partition coefficient (Wildman–Crippen LogP) is 3.43. The van der Waals surface area contributed by atoms with Gasteiger partial charge in [0, 0.05) is 30.0 Å². The number of ether oxygens (including phenoxy) is 1. The van der Waals surface area contributed by atoms with Crippen molar-refractivity contribution in [2.45, 2.75) is 65.5 Å². The number of benzene rings is 1. The second-order valence-electron chi connectivity index (χ2n) is 10.9. The van der Waals surface area contributed by atoms with Gasteiger partial charge in [-0.25, -0.2) is 9.50 Å². The van der Waals surface area contributed by atoms with Crippen molar-refractivity contribution < 1.29 is 14.3 Å². The molecule has 4 heterocycles. The van der Waals surface area contributed by atoms with Crippen LogP contribution in [0.15, 0.2) is 36.5 Å². The largest absolute Gasteiger partial charge is 0.491 e. The number of fused-ring (bicyclic) bond motifs is 2. The molecule has 0 bridgehead atoms. The third-order valence-corrected chi connectivity index (χ3v) is 7.91. The van der Waals surface area contributed by atoms with Crippen molar-refractivity contribution in [1.82, 2.24) is 30.1 Å². The summed E-state index contributed by atoms with van der Waals surface area (Å²) in [4.78, 5) is 33.5. The molecule has 2 amide bonds. The highest BCUT2D eigenvalue weighted by Crippen LogP contribution is 2.38. The molecule has 1 spiro atoms. The van der Waals surface area contributed by atoms with Gasteiger partial charge in [-0.2, -0.15) is 5.10 Å². The number of piperidine rings is 1. The molecule has 2 aromatic heterocycles. The fourth-order valence-corrected chi connectivity index (χ4v) is 5.70. The van der Waals surface area contributed by atoms with E-state index in [1.54, 1.807) is 12.1 Å². The summed E-state index contributed by atoms with van der Waals surface area (Å²) in [5.41, 5.74) is 4.21. The number of para-hydroxylation sites is 1. The molecule has 1 atom stereocenters. The van der Waals surface area contributed by atoms with Crippen LogP contribution >= 0.6 is 0 Å². The van der Waals surface area contributed by atoms with Gasteiger partial charge in [-0.05, 0) is 77.7 Å². The van der Waals surface area contributed by atoms with Crippen LogP contribution < -0.4 is 15.4 Å². The molecule has 1 fully saturated rings. The number of amides is 2. The maximum absolute atomic E-state index is 13.7. The van der Waals surface area contributed by atoms with Gasteiger partial charge in [-0.3, -0.25) is 14.5 Å². The van der Waals surface area contributed by atoms with Gasteiger partial charge in [0.25, 0.3) is 5.91 Å². The monoisotopic (exact) mass is 518 g/mol. The topological polar surface area (TPSA) is 101 Å². The van der Waals surface area contributed by atoms with Crippen molar-refractivity contribution in [1.29, 1.82) is 0 Å². The molecule has 9 heteroatoms. The zero-order chi connectivity index (χ0) is 26.7. The molecule has 0 saturated carbocycles. The van der Waals surface area contributed by atoms with Crippen molar-refractivity contribution in [3.05, 3.63) is 59.0 Å². The summed E-state index contributed by atoms with van der Waals surface area (Å²) in [6.07, 6.45) is 6.04. The highest BCUT2D eigenvalue weighted by molar-refractivity contribution is 5.96. The Bertz CT molecular complexity index is 1310. The van der Waals surface area contributed by atoms with Crippen LogP contribution in [0.2, 0.25) is 0 Å². The molecule has 0 unspecified atom stereocenters. The van der Waals surface area contributed by atoms with E-state index in [9.17, 15) is 9.59 Å². The minimum atomic E-state index is -0.413. The van der Waals surface area contributed by atoms with Gasteiger partial charge in [-0.1, -0.05) is 18.6 Å². The molecule has 2 aliphatic rings. The molecular formula is C29H38N6O3. The molecule has 1 aromatic carbocycles.